The molecule has 2 aliphatic heterocycles. The fourth-order valence-electron chi connectivity index (χ4n) is 4.61. The average Bonchev–Trinajstić information content (AvgIpc) is 3.40. The molecule has 0 radical (unpaired) electrons. The smallest absolute Gasteiger partial charge is 0.150 e. The summed E-state index contributed by atoms with van der Waals surface area (Å²) in [6, 6.07) is 8.33. The van der Waals surface area contributed by atoms with Gasteiger partial charge in [0.05, 0.1) is 39.3 Å². The Labute approximate surface area is 205 Å². The number of nitrogens with zero attached hydrogens (tertiary/aromatic N) is 3. The number of benzene rings is 2. The van der Waals surface area contributed by atoms with Crippen LogP contribution in [0.5, 0.6) is 5.75 Å². The summed E-state index contributed by atoms with van der Waals surface area (Å²) >= 11 is 0. The van der Waals surface area contributed by atoms with Gasteiger partial charge < -0.3 is 14.2 Å². The molecule has 2 saturated heterocycles. The molecule has 0 amide bonds. The molecule has 186 valence electrons. The third kappa shape index (κ3) is 4.90. The van der Waals surface area contributed by atoms with E-state index in [0.717, 1.165) is 34.1 Å². The standard InChI is InChI=1S/C26H30FN3O4S/c1-15(2)35(4,31)30-19-9-16(3)25-20(28-14-29-21(25)12-19)10-17-5-6-18(27)11-23(17)34-24-13-33-22-7-8-32-26(22)24/h5-6,9,11-12,14-15,22,24,26H,7-8,10,13H2,1-4H3/t22-,24-,26+,35?/m1/s1. The van der Waals surface area contributed by atoms with E-state index in [1.54, 1.807) is 12.3 Å². The highest BCUT2D eigenvalue weighted by Crippen LogP contribution is 2.33. The Hall–Kier alpha value is -2.62. The van der Waals surface area contributed by atoms with Gasteiger partial charge in [0.15, 0.2) is 6.10 Å². The van der Waals surface area contributed by atoms with Gasteiger partial charge >= 0.3 is 0 Å². The maximum atomic E-state index is 14.2. The lowest BCUT2D eigenvalue weighted by Gasteiger charge is -2.20. The van der Waals surface area contributed by atoms with E-state index < -0.39 is 9.73 Å². The number of ether oxygens (including phenoxy) is 3. The molecule has 2 aromatic carbocycles. The van der Waals surface area contributed by atoms with Crippen LogP contribution in [-0.4, -0.2) is 57.2 Å². The molecule has 1 aromatic heterocycles. The van der Waals surface area contributed by atoms with Gasteiger partial charge in [-0.15, -0.1) is 0 Å². The van der Waals surface area contributed by atoms with Crippen LogP contribution in [0.1, 0.15) is 37.1 Å². The third-order valence-electron chi connectivity index (χ3n) is 6.75. The summed E-state index contributed by atoms with van der Waals surface area (Å²) in [7, 11) is -2.36. The average molecular weight is 500 g/mol. The lowest BCUT2D eigenvalue weighted by atomic mass is 10.0. The summed E-state index contributed by atoms with van der Waals surface area (Å²) < 4.78 is 49.3. The van der Waals surface area contributed by atoms with Crippen molar-refractivity contribution in [1.29, 1.82) is 0 Å². The Morgan fingerprint density at radius 3 is 2.86 bits per heavy atom. The van der Waals surface area contributed by atoms with E-state index in [9.17, 15) is 8.60 Å². The van der Waals surface area contributed by atoms with Crippen LogP contribution in [0.3, 0.4) is 0 Å². The molecule has 0 bridgehead atoms. The second-order valence-corrected chi connectivity index (χ2v) is 12.4. The van der Waals surface area contributed by atoms with Crippen molar-refractivity contribution in [2.24, 2.45) is 4.36 Å². The van der Waals surface area contributed by atoms with Crippen molar-refractivity contribution in [3.05, 3.63) is 59.3 Å². The van der Waals surface area contributed by atoms with Crippen LogP contribution in [-0.2, 0) is 25.6 Å². The van der Waals surface area contributed by atoms with Gasteiger partial charge in [-0.3, -0.25) is 0 Å². The van der Waals surface area contributed by atoms with Crippen molar-refractivity contribution in [3.8, 4) is 5.75 Å². The first-order valence-electron chi connectivity index (χ1n) is 11.8. The topological polar surface area (TPSA) is 82.9 Å². The number of aromatic nitrogens is 2. The van der Waals surface area contributed by atoms with Gasteiger partial charge in [0.25, 0.3) is 0 Å². The molecular formula is C26H30FN3O4S. The van der Waals surface area contributed by atoms with E-state index in [2.05, 4.69) is 14.3 Å². The minimum absolute atomic E-state index is 0.0404. The molecular weight excluding hydrogens is 469 g/mol. The second kappa shape index (κ2) is 9.44. The SMILES string of the molecule is Cc1cc(N=S(C)(=O)C(C)C)cc2ncnc(Cc3ccc(F)cc3O[C@@H]3CO[C@@H]4CCO[C@@H]43)c12. The van der Waals surface area contributed by atoms with Crippen LogP contribution >= 0.6 is 0 Å². The number of rotatable bonds is 6. The third-order valence-corrected chi connectivity index (χ3v) is 9.07. The summed E-state index contributed by atoms with van der Waals surface area (Å²) in [6.07, 6.45) is 4.11. The summed E-state index contributed by atoms with van der Waals surface area (Å²) in [5.74, 6) is 0.100. The summed E-state index contributed by atoms with van der Waals surface area (Å²) in [5.41, 5.74) is 3.92. The van der Waals surface area contributed by atoms with Crippen molar-refractivity contribution in [2.75, 3.05) is 19.5 Å². The summed E-state index contributed by atoms with van der Waals surface area (Å²) in [6.45, 7) is 6.84. The number of aryl methyl sites for hydroxylation is 1. The molecule has 0 spiro atoms. The number of hydrogen-bond acceptors (Lipinski definition) is 7. The highest BCUT2D eigenvalue weighted by Gasteiger charge is 2.43. The van der Waals surface area contributed by atoms with Crippen molar-refractivity contribution < 1.29 is 22.8 Å². The van der Waals surface area contributed by atoms with E-state index in [1.165, 1.54) is 18.5 Å². The van der Waals surface area contributed by atoms with Crippen LogP contribution in [0.4, 0.5) is 10.1 Å². The summed E-state index contributed by atoms with van der Waals surface area (Å²) in [5, 5.41) is 0.837. The number of fused-ring (bicyclic) bond motifs is 2. The fourth-order valence-corrected chi connectivity index (χ4v) is 5.35. The van der Waals surface area contributed by atoms with Crippen molar-refractivity contribution in [3.63, 3.8) is 0 Å². The Morgan fingerprint density at radius 2 is 2.06 bits per heavy atom. The molecule has 9 heteroatoms. The van der Waals surface area contributed by atoms with E-state index in [1.807, 2.05) is 32.9 Å². The van der Waals surface area contributed by atoms with Gasteiger partial charge in [-0.25, -0.2) is 18.6 Å². The number of halogens is 1. The Morgan fingerprint density at radius 1 is 1.23 bits per heavy atom. The quantitative estimate of drug-likeness (QED) is 0.487. The predicted molar refractivity (Wildman–Crippen MR) is 133 cm³/mol. The van der Waals surface area contributed by atoms with Gasteiger partial charge in [-0.1, -0.05) is 19.9 Å². The summed E-state index contributed by atoms with van der Waals surface area (Å²) in [4.78, 5) is 8.99. The zero-order valence-electron chi connectivity index (χ0n) is 20.4. The first-order chi connectivity index (χ1) is 16.7. The monoisotopic (exact) mass is 499 g/mol. The molecule has 3 heterocycles. The Kier molecular flexibility index (Phi) is 6.50. The van der Waals surface area contributed by atoms with Crippen LogP contribution in [0, 0.1) is 12.7 Å². The van der Waals surface area contributed by atoms with Crippen molar-refractivity contribution >= 4 is 26.3 Å². The van der Waals surface area contributed by atoms with Crippen LogP contribution < -0.4 is 4.74 Å². The van der Waals surface area contributed by atoms with Crippen molar-refractivity contribution in [2.45, 2.75) is 57.2 Å². The van der Waals surface area contributed by atoms with Crippen LogP contribution in [0.25, 0.3) is 10.9 Å². The molecule has 1 unspecified atom stereocenters. The van der Waals surface area contributed by atoms with Crippen LogP contribution in [0.15, 0.2) is 41.0 Å². The van der Waals surface area contributed by atoms with E-state index in [4.69, 9.17) is 14.2 Å². The maximum absolute atomic E-state index is 14.2. The van der Waals surface area contributed by atoms with Gasteiger partial charge in [-0.05, 0) is 37.1 Å². The lowest BCUT2D eigenvalue weighted by molar-refractivity contribution is 0.0304. The minimum atomic E-state index is -2.36. The molecule has 35 heavy (non-hydrogen) atoms. The molecule has 2 aliphatic rings. The molecule has 0 saturated carbocycles. The molecule has 3 aromatic rings. The molecule has 7 nitrogen and oxygen atoms in total. The van der Waals surface area contributed by atoms with E-state index >= 15 is 0 Å². The largest absolute Gasteiger partial charge is 0.485 e. The highest BCUT2D eigenvalue weighted by molar-refractivity contribution is 7.93. The second-order valence-electron chi connectivity index (χ2n) is 9.56. The minimum Gasteiger partial charge on any atom is -0.485 e. The predicted octanol–water partition coefficient (Wildman–Crippen LogP) is 4.74. The highest BCUT2D eigenvalue weighted by atomic mass is 32.2. The lowest BCUT2D eigenvalue weighted by Crippen LogP contribution is -2.32. The van der Waals surface area contributed by atoms with Gasteiger partial charge in [0.1, 0.15) is 24.0 Å². The first kappa shape index (κ1) is 24.1. The van der Waals surface area contributed by atoms with Crippen LogP contribution in [0.2, 0.25) is 0 Å². The zero-order chi connectivity index (χ0) is 24.7. The Bertz CT molecular complexity index is 1390. The molecule has 5 rings (SSSR count). The van der Waals surface area contributed by atoms with Gasteiger partial charge in [0, 0.05) is 41.5 Å². The molecule has 0 aliphatic carbocycles. The van der Waals surface area contributed by atoms with E-state index in [-0.39, 0.29) is 29.4 Å². The van der Waals surface area contributed by atoms with Gasteiger partial charge in [-0.2, -0.15) is 4.36 Å². The zero-order valence-corrected chi connectivity index (χ0v) is 21.2. The van der Waals surface area contributed by atoms with Gasteiger partial charge in [0.2, 0.25) is 0 Å². The molecule has 4 atom stereocenters. The fraction of sp³-hybridized carbons (Fsp3) is 0.462. The van der Waals surface area contributed by atoms with E-state index in [0.29, 0.717) is 31.1 Å². The maximum Gasteiger partial charge on any atom is 0.150 e. The van der Waals surface area contributed by atoms with Crippen molar-refractivity contribution in [1.82, 2.24) is 9.97 Å². The Balaban J connectivity index is 1.49. The molecule has 0 N–H and O–H groups in total. The first-order valence-corrected chi connectivity index (χ1v) is 13.8. The normalized spacial score (nSPS) is 23.4. The number of hydrogen-bond donors (Lipinski definition) is 0. The molecule has 2 fully saturated rings.